The van der Waals surface area contributed by atoms with Crippen LogP contribution in [0, 0.1) is 5.82 Å². The van der Waals surface area contributed by atoms with E-state index in [1.54, 1.807) is 54.6 Å². The van der Waals surface area contributed by atoms with Crippen LogP contribution in [0.4, 0.5) is 4.39 Å². The summed E-state index contributed by atoms with van der Waals surface area (Å²) < 4.78 is 15.3. The maximum Gasteiger partial charge on any atom is 0.286 e. The van der Waals surface area contributed by atoms with Crippen molar-refractivity contribution in [1.82, 2.24) is 19.5 Å². The number of benzene rings is 2. The lowest BCUT2D eigenvalue weighted by molar-refractivity contribution is 0.625. The Morgan fingerprint density at radius 3 is 2.52 bits per heavy atom. The molecule has 0 unspecified atom stereocenters. The van der Waals surface area contributed by atoms with Crippen LogP contribution >= 0.6 is 11.6 Å². The largest absolute Gasteiger partial charge is 0.286 e. The first-order valence-electron chi connectivity index (χ1n) is 8.06. The predicted molar refractivity (Wildman–Crippen MR) is 103 cm³/mol. The van der Waals surface area contributed by atoms with Gasteiger partial charge in [0.05, 0.1) is 10.7 Å². The molecular formula is C20H12ClFN4O. The van der Waals surface area contributed by atoms with Crippen molar-refractivity contribution in [1.29, 1.82) is 0 Å². The van der Waals surface area contributed by atoms with Crippen LogP contribution in [0.5, 0.6) is 0 Å². The lowest BCUT2D eigenvalue weighted by atomic mass is 10.2. The van der Waals surface area contributed by atoms with Crippen molar-refractivity contribution in [3.63, 3.8) is 0 Å². The van der Waals surface area contributed by atoms with Crippen LogP contribution in [0.2, 0.25) is 5.02 Å². The Bertz CT molecular complexity index is 1240. The van der Waals surface area contributed by atoms with Crippen LogP contribution in [0.1, 0.15) is 11.4 Å². The molecular weight excluding hydrogens is 367 g/mol. The molecule has 4 rings (SSSR count). The molecule has 0 spiro atoms. The van der Waals surface area contributed by atoms with Crippen molar-refractivity contribution in [3.8, 4) is 5.69 Å². The van der Waals surface area contributed by atoms with Crippen LogP contribution < -0.4 is 5.56 Å². The molecule has 0 amide bonds. The minimum atomic E-state index is -0.408. The second-order valence-corrected chi connectivity index (χ2v) is 6.05. The molecule has 2 heterocycles. The van der Waals surface area contributed by atoms with E-state index < -0.39 is 5.56 Å². The number of nitrogens with zero attached hydrogens (tertiary/aromatic N) is 4. The second kappa shape index (κ2) is 7.09. The maximum absolute atomic E-state index is 13.9. The van der Waals surface area contributed by atoms with Crippen molar-refractivity contribution in [2.24, 2.45) is 0 Å². The summed E-state index contributed by atoms with van der Waals surface area (Å²) in [6.45, 7) is 0. The van der Waals surface area contributed by atoms with Gasteiger partial charge in [0.25, 0.3) is 5.56 Å². The second-order valence-electron chi connectivity index (χ2n) is 5.65. The van der Waals surface area contributed by atoms with E-state index >= 15 is 0 Å². The van der Waals surface area contributed by atoms with E-state index in [-0.39, 0.29) is 22.8 Å². The smallest absolute Gasteiger partial charge is 0.266 e. The predicted octanol–water partition coefficient (Wildman–Crippen LogP) is 4.14. The van der Waals surface area contributed by atoms with Crippen molar-refractivity contribution in [2.45, 2.75) is 0 Å². The van der Waals surface area contributed by atoms with Gasteiger partial charge in [-0.1, -0.05) is 41.9 Å². The van der Waals surface area contributed by atoms with E-state index in [1.165, 1.54) is 23.0 Å². The minimum Gasteiger partial charge on any atom is -0.266 e. The summed E-state index contributed by atoms with van der Waals surface area (Å²) in [6, 6.07) is 13.2. The molecule has 0 saturated carbocycles. The fourth-order valence-corrected chi connectivity index (χ4v) is 2.90. The van der Waals surface area contributed by atoms with Gasteiger partial charge >= 0.3 is 0 Å². The van der Waals surface area contributed by atoms with Crippen LogP contribution in [0.3, 0.4) is 0 Å². The molecule has 0 fully saturated rings. The Labute approximate surface area is 158 Å². The Morgan fingerprint density at radius 2 is 1.70 bits per heavy atom. The van der Waals surface area contributed by atoms with E-state index in [9.17, 15) is 9.18 Å². The summed E-state index contributed by atoms with van der Waals surface area (Å²) >= 11 is 6.29. The molecule has 4 aromatic rings. The van der Waals surface area contributed by atoms with Gasteiger partial charge in [0.15, 0.2) is 11.2 Å². The molecule has 2 aromatic heterocycles. The molecule has 2 aromatic carbocycles. The van der Waals surface area contributed by atoms with Crippen molar-refractivity contribution in [3.05, 3.63) is 93.5 Å². The lowest BCUT2D eigenvalue weighted by Crippen LogP contribution is -2.23. The third-order valence-corrected chi connectivity index (χ3v) is 4.26. The standard InChI is InChI=1S/C20H12ClFN4O/c21-14-6-2-4-8-16(14)26-17(10-9-13-5-1-3-7-15(13)22)25-19-18(20(26)27)23-11-12-24-19/h1-12H. The topological polar surface area (TPSA) is 60.7 Å². The number of aromatic nitrogens is 4. The number of fused-ring (bicyclic) bond motifs is 1. The molecule has 0 aliphatic carbocycles. The molecule has 27 heavy (non-hydrogen) atoms. The highest BCUT2D eigenvalue weighted by molar-refractivity contribution is 6.32. The Morgan fingerprint density at radius 1 is 0.963 bits per heavy atom. The van der Waals surface area contributed by atoms with Gasteiger partial charge in [0.2, 0.25) is 0 Å². The number of halogens is 2. The van der Waals surface area contributed by atoms with E-state index in [0.717, 1.165) is 0 Å². The van der Waals surface area contributed by atoms with Crippen molar-refractivity contribution < 1.29 is 4.39 Å². The highest BCUT2D eigenvalue weighted by Gasteiger charge is 2.14. The van der Waals surface area contributed by atoms with Crippen molar-refractivity contribution >= 4 is 34.9 Å². The normalized spacial score (nSPS) is 11.3. The monoisotopic (exact) mass is 378 g/mol. The molecule has 0 radical (unpaired) electrons. The first-order chi connectivity index (χ1) is 13.1. The van der Waals surface area contributed by atoms with E-state index in [2.05, 4.69) is 15.0 Å². The van der Waals surface area contributed by atoms with Gasteiger partial charge in [-0.3, -0.25) is 9.36 Å². The molecule has 0 bridgehead atoms. The van der Waals surface area contributed by atoms with Crippen LogP contribution in [0.15, 0.2) is 65.7 Å². The Kier molecular flexibility index (Phi) is 4.48. The summed E-state index contributed by atoms with van der Waals surface area (Å²) in [5.74, 6) is -0.106. The first-order valence-corrected chi connectivity index (χ1v) is 8.44. The Balaban J connectivity index is 1.99. The van der Waals surface area contributed by atoms with Gasteiger partial charge < -0.3 is 0 Å². The average Bonchev–Trinajstić information content (AvgIpc) is 2.68. The fraction of sp³-hybridized carbons (Fsp3) is 0. The third-order valence-electron chi connectivity index (χ3n) is 3.94. The summed E-state index contributed by atoms with van der Waals surface area (Å²) in [4.78, 5) is 25.6. The zero-order chi connectivity index (χ0) is 18.8. The van der Waals surface area contributed by atoms with Gasteiger partial charge in [-0.2, -0.15) is 0 Å². The maximum atomic E-state index is 13.9. The van der Waals surface area contributed by atoms with Crippen LogP contribution in [-0.4, -0.2) is 19.5 Å². The molecule has 0 aliphatic heterocycles. The number of rotatable bonds is 3. The molecule has 0 N–H and O–H groups in total. The van der Waals surface area contributed by atoms with E-state index in [1.807, 2.05) is 0 Å². The highest BCUT2D eigenvalue weighted by Crippen LogP contribution is 2.21. The van der Waals surface area contributed by atoms with Gasteiger partial charge in [-0.25, -0.2) is 19.3 Å². The van der Waals surface area contributed by atoms with Crippen LogP contribution in [0.25, 0.3) is 29.0 Å². The quantitative estimate of drug-likeness (QED) is 0.537. The molecule has 7 heteroatoms. The fourth-order valence-electron chi connectivity index (χ4n) is 2.68. The van der Waals surface area contributed by atoms with Crippen LogP contribution in [-0.2, 0) is 0 Å². The zero-order valence-electron chi connectivity index (χ0n) is 13.9. The molecule has 5 nitrogen and oxygen atoms in total. The molecule has 0 saturated heterocycles. The molecule has 0 aliphatic rings. The SMILES string of the molecule is O=c1c2nccnc2nc(C=Cc2ccccc2F)n1-c1ccccc1Cl. The summed E-state index contributed by atoms with van der Waals surface area (Å²) in [7, 11) is 0. The molecule has 132 valence electrons. The van der Waals surface area contributed by atoms with Gasteiger partial charge in [-0.15, -0.1) is 0 Å². The average molecular weight is 379 g/mol. The summed E-state index contributed by atoms with van der Waals surface area (Å²) in [6.07, 6.45) is 5.99. The summed E-state index contributed by atoms with van der Waals surface area (Å²) in [5, 5.41) is 0.380. The number of hydrogen-bond donors (Lipinski definition) is 0. The minimum absolute atomic E-state index is 0.125. The number of hydrogen-bond acceptors (Lipinski definition) is 4. The highest BCUT2D eigenvalue weighted by atomic mass is 35.5. The first kappa shape index (κ1) is 17.1. The van der Waals surface area contributed by atoms with Gasteiger partial charge in [0, 0.05) is 18.0 Å². The van der Waals surface area contributed by atoms with Gasteiger partial charge in [-0.05, 0) is 30.4 Å². The Hall–Kier alpha value is -3.38. The summed E-state index contributed by atoms with van der Waals surface area (Å²) in [5.41, 5.74) is 0.753. The zero-order valence-corrected chi connectivity index (χ0v) is 14.6. The lowest BCUT2D eigenvalue weighted by Gasteiger charge is -2.12. The third kappa shape index (κ3) is 3.22. The van der Waals surface area contributed by atoms with Crippen molar-refractivity contribution in [2.75, 3.05) is 0 Å². The van der Waals surface area contributed by atoms with E-state index in [0.29, 0.717) is 16.3 Å². The van der Waals surface area contributed by atoms with Gasteiger partial charge in [0.1, 0.15) is 11.6 Å². The van der Waals surface area contributed by atoms with E-state index in [4.69, 9.17) is 11.6 Å². The molecule has 0 atom stereocenters. The number of para-hydroxylation sites is 1.